The maximum absolute atomic E-state index is 6.26. The van der Waals surface area contributed by atoms with E-state index in [0.717, 1.165) is 26.9 Å². The van der Waals surface area contributed by atoms with Crippen LogP contribution in [-0.4, -0.2) is 9.38 Å². The molecule has 19 heavy (non-hydrogen) atoms. The smallest absolute Gasteiger partial charge is 0.142 e. The average molecular weight is 316 g/mol. The van der Waals surface area contributed by atoms with Gasteiger partial charge in [-0.15, -0.1) is 0 Å². The molecule has 0 spiro atoms. The Morgan fingerprint density at radius 2 is 1.89 bits per heavy atom. The van der Waals surface area contributed by atoms with Crippen molar-refractivity contribution in [3.8, 4) is 11.3 Å². The third-order valence-corrected chi connectivity index (χ3v) is 3.74. The lowest BCUT2D eigenvalue weighted by Crippen LogP contribution is -1.95. The fraction of sp³-hybridized carbons (Fsp3) is 0.133. The lowest BCUT2D eigenvalue weighted by Gasteiger charge is -2.03. The van der Waals surface area contributed by atoms with Crippen molar-refractivity contribution in [2.75, 3.05) is 5.73 Å². The summed E-state index contributed by atoms with van der Waals surface area (Å²) < 4.78 is 2.93. The van der Waals surface area contributed by atoms with E-state index in [-0.39, 0.29) is 0 Å². The van der Waals surface area contributed by atoms with Gasteiger partial charge < -0.3 is 5.73 Å². The molecule has 0 amide bonds. The number of hydrogen-bond donors (Lipinski definition) is 1. The Balaban J connectivity index is 2.35. The van der Waals surface area contributed by atoms with Crippen molar-refractivity contribution < 1.29 is 0 Å². The molecular weight excluding hydrogens is 302 g/mol. The van der Waals surface area contributed by atoms with Crippen molar-refractivity contribution in [1.29, 1.82) is 0 Å². The Morgan fingerprint density at radius 3 is 2.63 bits per heavy atom. The van der Waals surface area contributed by atoms with Crippen LogP contribution in [0.15, 0.2) is 41.0 Å². The van der Waals surface area contributed by atoms with Crippen LogP contribution in [0.1, 0.15) is 11.1 Å². The van der Waals surface area contributed by atoms with Crippen molar-refractivity contribution >= 4 is 27.4 Å². The highest BCUT2D eigenvalue weighted by atomic mass is 79.9. The molecule has 2 heterocycles. The van der Waals surface area contributed by atoms with E-state index >= 15 is 0 Å². The summed E-state index contributed by atoms with van der Waals surface area (Å²) >= 11 is 3.49. The number of anilines is 1. The number of benzene rings is 1. The fourth-order valence-corrected chi connectivity index (χ4v) is 2.87. The Bertz CT molecular complexity index is 774. The third kappa shape index (κ3) is 1.92. The van der Waals surface area contributed by atoms with Crippen LogP contribution in [-0.2, 0) is 0 Å². The van der Waals surface area contributed by atoms with Crippen molar-refractivity contribution in [3.63, 3.8) is 0 Å². The number of nitrogen functional groups attached to an aromatic ring is 1. The summed E-state index contributed by atoms with van der Waals surface area (Å²) in [5, 5.41) is 0. The fourth-order valence-electron chi connectivity index (χ4n) is 2.32. The van der Waals surface area contributed by atoms with Crippen LogP contribution in [0.5, 0.6) is 0 Å². The number of rotatable bonds is 1. The molecule has 0 unspecified atom stereocenters. The molecule has 0 atom stereocenters. The first-order valence-electron chi connectivity index (χ1n) is 6.07. The molecule has 0 saturated heterocycles. The molecule has 0 saturated carbocycles. The molecule has 3 rings (SSSR count). The van der Waals surface area contributed by atoms with Gasteiger partial charge in [-0.3, -0.25) is 4.40 Å². The molecular formula is C15H14BrN3. The van der Waals surface area contributed by atoms with Crippen molar-refractivity contribution in [2.24, 2.45) is 0 Å². The number of halogens is 1. The van der Waals surface area contributed by atoms with E-state index in [1.165, 1.54) is 5.56 Å². The molecule has 0 fully saturated rings. The molecule has 2 aromatic heterocycles. The van der Waals surface area contributed by atoms with Gasteiger partial charge in [0.2, 0.25) is 0 Å². The first-order chi connectivity index (χ1) is 9.08. The predicted molar refractivity (Wildman–Crippen MR) is 82.2 cm³/mol. The summed E-state index contributed by atoms with van der Waals surface area (Å²) in [7, 11) is 0. The molecule has 0 radical (unpaired) electrons. The average Bonchev–Trinajstić information content (AvgIpc) is 2.68. The second-order valence-corrected chi connectivity index (χ2v) is 5.61. The molecule has 3 aromatic rings. The summed E-state index contributed by atoms with van der Waals surface area (Å²) in [5.74, 6) is 0.675. The van der Waals surface area contributed by atoms with Gasteiger partial charge in [0, 0.05) is 16.2 Å². The minimum Gasteiger partial charge on any atom is -0.383 e. The number of aryl methyl sites for hydroxylation is 2. The lowest BCUT2D eigenvalue weighted by molar-refractivity contribution is 1.16. The monoisotopic (exact) mass is 315 g/mol. The first-order valence-corrected chi connectivity index (χ1v) is 6.87. The van der Waals surface area contributed by atoms with Crippen LogP contribution in [0, 0.1) is 13.8 Å². The topological polar surface area (TPSA) is 43.3 Å². The Kier molecular flexibility index (Phi) is 2.82. The van der Waals surface area contributed by atoms with Crippen LogP contribution in [0.4, 0.5) is 5.82 Å². The Labute approximate surface area is 120 Å². The minimum absolute atomic E-state index is 0.675. The van der Waals surface area contributed by atoms with Crippen LogP contribution >= 0.6 is 15.9 Å². The maximum Gasteiger partial charge on any atom is 0.142 e. The minimum atomic E-state index is 0.675. The van der Waals surface area contributed by atoms with Gasteiger partial charge in [-0.2, -0.15) is 0 Å². The number of hydrogen-bond acceptors (Lipinski definition) is 2. The highest BCUT2D eigenvalue weighted by Crippen LogP contribution is 2.30. The first kappa shape index (κ1) is 12.2. The van der Waals surface area contributed by atoms with Crippen LogP contribution in [0.2, 0.25) is 0 Å². The number of pyridine rings is 1. The lowest BCUT2D eigenvalue weighted by atomic mass is 10.1. The number of nitrogens with two attached hydrogens (primary N) is 1. The van der Waals surface area contributed by atoms with E-state index in [1.54, 1.807) is 0 Å². The van der Waals surface area contributed by atoms with Gasteiger partial charge in [0.05, 0.1) is 0 Å². The summed E-state index contributed by atoms with van der Waals surface area (Å²) in [6, 6.07) is 10.2. The second kappa shape index (κ2) is 4.38. The van der Waals surface area contributed by atoms with Crippen LogP contribution in [0.25, 0.3) is 16.9 Å². The number of nitrogens with zero attached hydrogens (tertiary/aromatic N) is 2. The van der Waals surface area contributed by atoms with E-state index in [9.17, 15) is 0 Å². The van der Waals surface area contributed by atoms with Gasteiger partial charge in [0.15, 0.2) is 0 Å². The van der Waals surface area contributed by atoms with Crippen molar-refractivity contribution in [3.05, 3.63) is 52.1 Å². The summed E-state index contributed by atoms with van der Waals surface area (Å²) in [6.07, 6.45) is 1.95. The zero-order valence-electron chi connectivity index (χ0n) is 10.8. The van der Waals surface area contributed by atoms with Crippen molar-refractivity contribution in [2.45, 2.75) is 13.8 Å². The molecule has 3 nitrogen and oxygen atoms in total. The number of aromatic nitrogens is 2. The largest absolute Gasteiger partial charge is 0.383 e. The molecule has 0 aliphatic rings. The van der Waals surface area contributed by atoms with E-state index in [1.807, 2.05) is 35.7 Å². The van der Waals surface area contributed by atoms with Gasteiger partial charge in [-0.25, -0.2) is 4.98 Å². The van der Waals surface area contributed by atoms with Crippen LogP contribution < -0.4 is 5.73 Å². The molecule has 0 aliphatic heterocycles. The SMILES string of the molecule is Cc1ccccc1-c1nc2c(C)cc(Br)cn2c1N. The molecule has 1 aromatic carbocycles. The quantitative estimate of drug-likeness (QED) is 0.738. The molecule has 96 valence electrons. The van der Waals surface area contributed by atoms with E-state index in [0.29, 0.717) is 5.82 Å². The normalized spacial score (nSPS) is 11.1. The highest BCUT2D eigenvalue weighted by Gasteiger charge is 2.14. The summed E-state index contributed by atoms with van der Waals surface area (Å²) in [4.78, 5) is 4.70. The number of fused-ring (bicyclic) bond motifs is 1. The standard InChI is InChI=1S/C15H14BrN3/c1-9-5-3-4-6-12(9)13-14(17)19-8-11(16)7-10(2)15(19)18-13/h3-8H,17H2,1-2H3. The van der Waals surface area contributed by atoms with E-state index in [4.69, 9.17) is 10.7 Å². The Hall–Kier alpha value is -1.81. The second-order valence-electron chi connectivity index (χ2n) is 4.70. The predicted octanol–water partition coefficient (Wildman–Crippen LogP) is 3.96. The summed E-state index contributed by atoms with van der Waals surface area (Å²) in [5.41, 5.74) is 11.4. The molecule has 2 N–H and O–H groups in total. The van der Waals surface area contributed by atoms with Gasteiger partial charge >= 0.3 is 0 Å². The summed E-state index contributed by atoms with van der Waals surface area (Å²) in [6.45, 7) is 4.11. The zero-order valence-corrected chi connectivity index (χ0v) is 12.4. The van der Waals surface area contributed by atoms with E-state index < -0.39 is 0 Å². The van der Waals surface area contributed by atoms with Gasteiger partial charge in [0.1, 0.15) is 17.2 Å². The van der Waals surface area contributed by atoms with E-state index in [2.05, 4.69) is 35.0 Å². The van der Waals surface area contributed by atoms with Crippen LogP contribution in [0.3, 0.4) is 0 Å². The zero-order chi connectivity index (χ0) is 13.6. The van der Waals surface area contributed by atoms with Gasteiger partial charge in [-0.05, 0) is 47.0 Å². The molecule has 0 bridgehead atoms. The maximum atomic E-state index is 6.26. The molecule has 0 aliphatic carbocycles. The Morgan fingerprint density at radius 1 is 1.16 bits per heavy atom. The highest BCUT2D eigenvalue weighted by molar-refractivity contribution is 9.10. The van der Waals surface area contributed by atoms with Crippen molar-refractivity contribution in [1.82, 2.24) is 9.38 Å². The number of imidazole rings is 1. The van der Waals surface area contributed by atoms with Gasteiger partial charge in [0.25, 0.3) is 0 Å². The molecule has 4 heteroatoms. The van der Waals surface area contributed by atoms with Gasteiger partial charge in [-0.1, -0.05) is 24.3 Å². The third-order valence-electron chi connectivity index (χ3n) is 3.31.